The lowest BCUT2D eigenvalue weighted by molar-refractivity contribution is 0.0902. The Labute approximate surface area is 179 Å². The molecule has 8 nitrogen and oxygen atoms in total. The van der Waals surface area contributed by atoms with Crippen LogP contribution < -0.4 is 27.2 Å². The number of hydrogen-bond donors (Lipinski definition) is 5. The number of nitrogens with two attached hydrogens (primary N) is 1. The van der Waals surface area contributed by atoms with Crippen LogP contribution in [0.15, 0.2) is 48.7 Å². The largest absolute Gasteiger partial charge is 0.382 e. The first-order chi connectivity index (χ1) is 14.4. The Hall–Kier alpha value is -2.88. The third-order valence-electron chi connectivity index (χ3n) is 5.47. The summed E-state index contributed by atoms with van der Waals surface area (Å²) in [6, 6.07) is 11.4. The fraction of sp³-hybridized carbons (Fsp3) is 0.333. The summed E-state index contributed by atoms with van der Waals surface area (Å²) in [6.07, 6.45) is 5.73. The molecule has 0 aliphatic carbocycles. The van der Waals surface area contributed by atoms with Crippen molar-refractivity contribution in [1.29, 1.82) is 0 Å². The highest BCUT2D eigenvalue weighted by Gasteiger charge is 2.36. The number of piperidine rings is 1. The Balaban J connectivity index is 1.44. The van der Waals surface area contributed by atoms with Gasteiger partial charge >= 0.3 is 0 Å². The van der Waals surface area contributed by atoms with Crippen molar-refractivity contribution in [1.82, 2.24) is 21.1 Å². The summed E-state index contributed by atoms with van der Waals surface area (Å²) in [5.74, 6) is -0.717. The van der Waals surface area contributed by atoms with Crippen LogP contribution in [-0.2, 0) is 5.66 Å². The number of carbonyl (C=O) groups excluding carboxylic acids is 2. The van der Waals surface area contributed by atoms with Gasteiger partial charge in [0.05, 0.1) is 9.75 Å². The van der Waals surface area contributed by atoms with Crippen LogP contribution >= 0.6 is 11.3 Å². The van der Waals surface area contributed by atoms with Crippen molar-refractivity contribution in [3.63, 3.8) is 0 Å². The Morgan fingerprint density at radius 3 is 2.50 bits per heavy atom. The Bertz CT molecular complexity index is 949. The first-order valence-electron chi connectivity index (χ1n) is 9.93. The molecule has 158 valence electrons. The zero-order valence-corrected chi connectivity index (χ0v) is 17.6. The molecule has 0 saturated carbocycles. The summed E-state index contributed by atoms with van der Waals surface area (Å²) in [5.41, 5.74) is 11.9. The monoisotopic (exact) mass is 426 g/mol. The number of likely N-dealkylation sites (tertiary alicyclic amines) is 1. The van der Waals surface area contributed by atoms with E-state index in [4.69, 9.17) is 5.73 Å². The highest BCUT2D eigenvalue weighted by molar-refractivity contribution is 7.14. The molecule has 6 N–H and O–H groups in total. The molecule has 2 aliphatic rings. The molecule has 4 rings (SSSR count). The molecule has 0 spiro atoms. The van der Waals surface area contributed by atoms with Crippen LogP contribution in [0.2, 0.25) is 0 Å². The number of rotatable bonds is 6. The van der Waals surface area contributed by atoms with E-state index in [1.807, 2.05) is 24.3 Å². The Morgan fingerprint density at radius 1 is 1.17 bits per heavy atom. The number of amides is 2. The topological polar surface area (TPSA) is 112 Å². The molecule has 1 atom stereocenters. The van der Waals surface area contributed by atoms with Gasteiger partial charge in [0.2, 0.25) is 0 Å². The van der Waals surface area contributed by atoms with Crippen LogP contribution in [0.5, 0.6) is 0 Å². The summed E-state index contributed by atoms with van der Waals surface area (Å²) in [4.78, 5) is 27.9. The molecule has 1 saturated heterocycles. The molecule has 9 heteroatoms. The predicted octanol–water partition coefficient (Wildman–Crippen LogP) is 1.56. The summed E-state index contributed by atoms with van der Waals surface area (Å²) >= 11 is 1.24. The van der Waals surface area contributed by atoms with Crippen LogP contribution in [0, 0.1) is 0 Å². The molecule has 0 radical (unpaired) electrons. The molecule has 3 heterocycles. The van der Waals surface area contributed by atoms with E-state index in [9.17, 15) is 9.59 Å². The number of benzene rings is 1. The molecule has 1 unspecified atom stereocenters. The third-order valence-corrected chi connectivity index (χ3v) is 6.71. The van der Waals surface area contributed by atoms with E-state index in [1.165, 1.54) is 11.3 Å². The van der Waals surface area contributed by atoms with Gasteiger partial charge in [-0.1, -0.05) is 0 Å². The number of hydrazine groups is 1. The fourth-order valence-electron chi connectivity index (χ4n) is 3.68. The van der Waals surface area contributed by atoms with Crippen LogP contribution in [0.3, 0.4) is 0 Å². The second kappa shape index (κ2) is 8.47. The molecule has 2 aliphatic heterocycles. The molecule has 2 aromatic rings. The summed E-state index contributed by atoms with van der Waals surface area (Å²) < 4.78 is 0. The SMILES string of the molecule is CN1CCC(Nc2ccc(C(=O)NC3(c4ccc(C(N)=O)s4)C=CNN3)cc2)CC1. The van der Waals surface area contributed by atoms with Crippen molar-refractivity contribution in [3.05, 3.63) is 64.0 Å². The maximum atomic E-state index is 12.9. The summed E-state index contributed by atoms with van der Waals surface area (Å²) in [5, 5.41) is 6.57. The second-order valence-electron chi connectivity index (χ2n) is 7.69. The molecule has 1 fully saturated rings. The summed E-state index contributed by atoms with van der Waals surface area (Å²) in [7, 11) is 2.14. The van der Waals surface area contributed by atoms with Crippen molar-refractivity contribution in [3.8, 4) is 0 Å². The fourth-order valence-corrected chi connectivity index (χ4v) is 4.62. The van der Waals surface area contributed by atoms with Crippen molar-refractivity contribution in [2.75, 3.05) is 25.5 Å². The molecular weight excluding hydrogens is 400 g/mol. The number of primary amides is 1. The first kappa shape index (κ1) is 20.4. The number of nitrogens with one attached hydrogen (secondary N) is 4. The van der Waals surface area contributed by atoms with Gasteiger partial charge in [0, 0.05) is 23.5 Å². The van der Waals surface area contributed by atoms with E-state index in [2.05, 4.69) is 33.4 Å². The molecule has 1 aromatic heterocycles. The highest BCUT2D eigenvalue weighted by atomic mass is 32.1. The van der Waals surface area contributed by atoms with Gasteiger partial charge in [0.15, 0.2) is 5.66 Å². The molecule has 30 heavy (non-hydrogen) atoms. The van der Waals surface area contributed by atoms with Gasteiger partial charge in [0.1, 0.15) is 0 Å². The molecular formula is C21H26N6O2S. The van der Waals surface area contributed by atoms with Crippen molar-refractivity contribution in [2.45, 2.75) is 24.5 Å². The number of thiophene rings is 1. The van der Waals surface area contributed by atoms with E-state index >= 15 is 0 Å². The van der Waals surface area contributed by atoms with Crippen LogP contribution in [0.1, 0.15) is 37.7 Å². The average Bonchev–Trinajstić information content (AvgIpc) is 3.41. The smallest absolute Gasteiger partial charge is 0.258 e. The minimum absolute atomic E-state index is 0.226. The Morgan fingerprint density at radius 2 is 1.90 bits per heavy atom. The normalized spacial score (nSPS) is 21.9. The lowest BCUT2D eigenvalue weighted by Crippen LogP contribution is -2.54. The highest BCUT2D eigenvalue weighted by Crippen LogP contribution is 2.29. The van der Waals surface area contributed by atoms with Crippen molar-refractivity contribution >= 4 is 28.8 Å². The minimum atomic E-state index is -0.944. The van der Waals surface area contributed by atoms with E-state index in [1.54, 1.807) is 24.4 Å². The van der Waals surface area contributed by atoms with Gasteiger partial charge in [-0.05, 0) is 75.5 Å². The van der Waals surface area contributed by atoms with E-state index < -0.39 is 11.6 Å². The van der Waals surface area contributed by atoms with Gasteiger partial charge < -0.3 is 26.7 Å². The van der Waals surface area contributed by atoms with Gasteiger partial charge in [-0.25, -0.2) is 5.43 Å². The van der Waals surface area contributed by atoms with Crippen molar-refractivity contribution in [2.24, 2.45) is 5.73 Å². The standard InChI is InChI=1S/C21H26N6O2S/c1-27-12-8-16(9-13-27)24-15-4-2-14(3-5-15)20(29)25-21(10-11-23-26-21)18-7-6-17(30-18)19(22)28/h2-7,10-11,16,23-24,26H,8-9,12-13H2,1H3,(H2,22,28)(H,25,29). The van der Waals surface area contributed by atoms with Crippen molar-refractivity contribution < 1.29 is 9.59 Å². The number of carbonyl (C=O) groups is 2. The van der Waals surface area contributed by atoms with Gasteiger partial charge in [-0.2, -0.15) is 0 Å². The maximum Gasteiger partial charge on any atom is 0.258 e. The first-order valence-corrected chi connectivity index (χ1v) is 10.7. The van der Waals surface area contributed by atoms with E-state index in [0.29, 0.717) is 16.5 Å². The average molecular weight is 427 g/mol. The van der Waals surface area contributed by atoms with Gasteiger partial charge in [-0.3, -0.25) is 9.59 Å². The van der Waals surface area contributed by atoms with Gasteiger partial charge in [-0.15, -0.1) is 11.3 Å². The van der Waals surface area contributed by atoms with Crippen LogP contribution in [0.25, 0.3) is 0 Å². The zero-order valence-electron chi connectivity index (χ0n) is 16.8. The van der Waals surface area contributed by atoms with E-state index in [-0.39, 0.29) is 5.91 Å². The van der Waals surface area contributed by atoms with E-state index in [0.717, 1.165) is 36.5 Å². The Kier molecular flexibility index (Phi) is 5.76. The maximum absolute atomic E-state index is 12.9. The molecule has 0 bridgehead atoms. The minimum Gasteiger partial charge on any atom is -0.382 e. The van der Waals surface area contributed by atoms with Crippen LogP contribution in [-0.4, -0.2) is 42.9 Å². The van der Waals surface area contributed by atoms with Crippen LogP contribution in [0.4, 0.5) is 5.69 Å². The predicted molar refractivity (Wildman–Crippen MR) is 118 cm³/mol. The molecule has 2 amide bonds. The lowest BCUT2D eigenvalue weighted by atomic mass is 10.0. The zero-order chi connectivity index (χ0) is 21.1. The third kappa shape index (κ3) is 4.33. The quantitative estimate of drug-likeness (QED) is 0.479. The second-order valence-corrected chi connectivity index (χ2v) is 8.78. The molecule has 1 aromatic carbocycles. The summed E-state index contributed by atoms with van der Waals surface area (Å²) in [6.45, 7) is 2.18. The lowest BCUT2D eigenvalue weighted by Gasteiger charge is -2.30. The van der Waals surface area contributed by atoms with Gasteiger partial charge in [0.25, 0.3) is 11.8 Å². The number of anilines is 1. The number of nitrogens with zero attached hydrogens (tertiary/aromatic N) is 1. The number of hydrogen-bond acceptors (Lipinski definition) is 7.